The van der Waals surface area contributed by atoms with Crippen LogP contribution in [0.5, 0.6) is 0 Å². The zero-order valence-corrected chi connectivity index (χ0v) is 11.5. The molecule has 2 amide bonds. The third kappa shape index (κ3) is 3.79. The number of carboxylic acids is 1. The highest BCUT2D eigenvalue weighted by Gasteiger charge is 2.19. The minimum atomic E-state index is -0.989. The maximum absolute atomic E-state index is 12.0. The highest BCUT2D eigenvalue weighted by atomic mass is 16.5. The predicted molar refractivity (Wildman–Crippen MR) is 74.2 cm³/mol. The van der Waals surface area contributed by atoms with Gasteiger partial charge in [0.15, 0.2) is 0 Å². The smallest absolute Gasteiger partial charge is 0.306 e. The molecule has 1 aromatic rings. The first-order valence-electron chi connectivity index (χ1n) is 6.45. The molecular formula is C14H16N2O5. The number of nitrogens with one attached hydrogen (secondary N) is 2. The average Bonchev–Trinajstić information content (AvgIpc) is 2.81. The monoisotopic (exact) mass is 292 g/mol. The molecule has 0 aromatic heterocycles. The molecule has 0 radical (unpaired) electrons. The van der Waals surface area contributed by atoms with Crippen LogP contribution in [0.3, 0.4) is 0 Å². The minimum Gasteiger partial charge on any atom is -0.481 e. The molecule has 7 nitrogen and oxygen atoms in total. The first-order valence-corrected chi connectivity index (χ1v) is 6.45. The molecule has 0 saturated carbocycles. The Hall–Kier alpha value is -2.41. The molecule has 3 N–H and O–H groups in total. The molecule has 0 saturated heterocycles. The first kappa shape index (κ1) is 15.0. The van der Waals surface area contributed by atoms with Crippen LogP contribution in [0, 0.1) is 0 Å². The van der Waals surface area contributed by atoms with Gasteiger partial charge in [0.25, 0.3) is 5.91 Å². The maximum Gasteiger partial charge on any atom is 0.306 e. The number of methoxy groups -OCH3 is 1. The molecule has 1 aromatic carbocycles. The van der Waals surface area contributed by atoms with Crippen molar-refractivity contribution in [3.63, 3.8) is 0 Å². The Morgan fingerprint density at radius 1 is 1.48 bits per heavy atom. The molecule has 0 fully saturated rings. The van der Waals surface area contributed by atoms with Crippen LogP contribution in [0.25, 0.3) is 0 Å². The van der Waals surface area contributed by atoms with Crippen LogP contribution in [-0.4, -0.2) is 42.6 Å². The van der Waals surface area contributed by atoms with Crippen LogP contribution in [0.1, 0.15) is 22.3 Å². The van der Waals surface area contributed by atoms with Crippen LogP contribution in [0.4, 0.5) is 5.69 Å². The van der Waals surface area contributed by atoms with Gasteiger partial charge in [-0.15, -0.1) is 0 Å². The average molecular weight is 292 g/mol. The minimum absolute atomic E-state index is 0.0940. The lowest BCUT2D eigenvalue weighted by Crippen LogP contribution is -2.34. The normalized spacial score (nSPS) is 14.2. The zero-order valence-electron chi connectivity index (χ0n) is 11.5. The molecule has 1 atom stereocenters. The summed E-state index contributed by atoms with van der Waals surface area (Å²) in [5.41, 5.74) is 1.90. The van der Waals surface area contributed by atoms with E-state index in [0.717, 1.165) is 5.56 Å². The number of hydrogen-bond donors (Lipinski definition) is 3. The van der Waals surface area contributed by atoms with Crippen LogP contribution >= 0.6 is 0 Å². The van der Waals surface area contributed by atoms with Gasteiger partial charge >= 0.3 is 5.97 Å². The van der Waals surface area contributed by atoms with E-state index in [-0.39, 0.29) is 24.8 Å². The summed E-state index contributed by atoms with van der Waals surface area (Å²) in [6.07, 6.45) is -0.445. The van der Waals surface area contributed by atoms with Gasteiger partial charge in [-0.25, -0.2) is 0 Å². The van der Waals surface area contributed by atoms with E-state index in [0.29, 0.717) is 17.7 Å². The number of carboxylic acid groups (broad SMARTS) is 1. The molecule has 1 aliphatic heterocycles. The Morgan fingerprint density at radius 3 is 2.90 bits per heavy atom. The predicted octanol–water partition coefficient (Wildman–Crippen LogP) is 0.401. The largest absolute Gasteiger partial charge is 0.481 e. The fourth-order valence-corrected chi connectivity index (χ4v) is 2.10. The van der Waals surface area contributed by atoms with E-state index in [9.17, 15) is 14.4 Å². The summed E-state index contributed by atoms with van der Waals surface area (Å²) in [7, 11) is 1.39. The van der Waals surface area contributed by atoms with Gasteiger partial charge in [0, 0.05) is 24.9 Å². The number of amides is 2. The van der Waals surface area contributed by atoms with Gasteiger partial charge in [-0.3, -0.25) is 14.4 Å². The van der Waals surface area contributed by atoms with Crippen molar-refractivity contribution >= 4 is 23.5 Å². The molecule has 0 spiro atoms. The molecule has 1 aliphatic rings. The van der Waals surface area contributed by atoms with Crippen LogP contribution < -0.4 is 10.6 Å². The van der Waals surface area contributed by atoms with E-state index in [4.69, 9.17) is 9.84 Å². The number of ether oxygens (including phenoxy) is 1. The summed E-state index contributed by atoms with van der Waals surface area (Å²) in [5.74, 6) is -1.42. The Kier molecular flexibility index (Phi) is 4.54. The van der Waals surface area contributed by atoms with E-state index < -0.39 is 12.1 Å². The zero-order chi connectivity index (χ0) is 15.4. The lowest BCUT2D eigenvalue weighted by molar-refractivity contribution is -0.139. The van der Waals surface area contributed by atoms with Crippen molar-refractivity contribution in [3.05, 3.63) is 29.3 Å². The van der Waals surface area contributed by atoms with Gasteiger partial charge in [0.2, 0.25) is 5.91 Å². The molecule has 1 unspecified atom stereocenters. The summed E-state index contributed by atoms with van der Waals surface area (Å²) < 4.78 is 4.98. The highest BCUT2D eigenvalue weighted by molar-refractivity contribution is 6.02. The second kappa shape index (κ2) is 6.36. The molecule has 1 heterocycles. The van der Waals surface area contributed by atoms with E-state index in [1.54, 1.807) is 18.2 Å². The Balaban J connectivity index is 1.96. The number of aliphatic carboxylic acids is 1. The number of fused-ring (bicyclic) bond motifs is 1. The van der Waals surface area contributed by atoms with Crippen molar-refractivity contribution in [1.29, 1.82) is 0 Å². The second-order valence-corrected chi connectivity index (χ2v) is 4.76. The summed E-state index contributed by atoms with van der Waals surface area (Å²) in [4.78, 5) is 33.9. The quantitative estimate of drug-likeness (QED) is 0.704. The fourth-order valence-electron chi connectivity index (χ4n) is 2.10. The molecular weight excluding hydrogens is 276 g/mol. The lowest BCUT2D eigenvalue weighted by atomic mass is 10.1. The third-order valence-electron chi connectivity index (χ3n) is 3.22. The maximum atomic E-state index is 12.0. The van der Waals surface area contributed by atoms with Gasteiger partial charge < -0.3 is 20.5 Å². The number of carbonyl (C=O) groups is 3. The molecule has 2 rings (SSSR count). The van der Waals surface area contributed by atoms with Crippen LogP contribution in [-0.2, 0) is 20.7 Å². The standard InChI is InChI=1S/C14H16N2O5/c1-21-10(6-13(18)19)7-15-14(20)9-3-2-8-5-12(17)16-11(8)4-9/h2-4,10H,5-7H2,1H3,(H,15,20)(H,16,17)(H,18,19). The van der Waals surface area contributed by atoms with Crippen molar-refractivity contribution in [1.82, 2.24) is 5.32 Å². The van der Waals surface area contributed by atoms with Crippen molar-refractivity contribution in [2.45, 2.75) is 18.9 Å². The van der Waals surface area contributed by atoms with E-state index in [1.165, 1.54) is 7.11 Å². The van der Waals surface area contributed by atoms with E-state index in [2.05, 4.69) is 10.6 Å². The van der Waals surface area contributed by atoms with Gasteiger partial charge in [-0.1, -0.05) is 6.07 Å². The van der Waals surface area contributed by atoms with Gasteiger partial charge in [0.1, 0.15) is 0 Å². The first-order chi connectivity index (χ1) is 9.99. The summed E-state index contributed by atoms with van der Waals surface area (Å²) in [6.45, 7) is 0.102. The van der Waals surface area contributed by atoms with Crippen LogP contribution in [0.2, 0.25) is 0 Å². The lowest BCUT2D eigenvalue weighted by Gasteiger charge is -2.14. The van der Waals surface area contributed by atoms with E-state index >= 15 is 0 Å². The molecule has 7 heteroatoms. The fraction of sp³-hybridized carbons (Fsp3) is 0.357. The second-order valence-electron chi connectivity index (χ2n) is 4.76. The molecule has 21 heavy (non-hydrogen) atoms. The highest BCUT2D eigenvalue weighted by Crippen LogP contribution is 2.23. The number of rotatable bonds is 6. The topological polar surface area (TPSA) is 105 Å². The van der Waals surface area contributed by atoms with Gasteiger partial charge in [-0.2, -0.15) is 0 Å². The van der Waals surface area contributed by atoms with E-state index in [1.807, 2.05) is 0 Å². The van der Waals surface area contributed by atoms with Gasteiger partial charge in [0.05, 0.1) is 18.9 Å². The van der Waals surface area contributed by atoms with Gasteiger partial charge in [-0.05, 0) is 17.7 Å². The summed E-state index contributed by atoms with van der Waals surface area (Å²) >= 11 is 0. The Labute approximate surface area is 121 Å². The van der Waals surface area contributed by atoms with Crippen molar-refractivity contribution in [2.75, 3.05) is 19.0 Å². The van der Waals surface area contributed by atoms with Crippen molar-refractivity contribution in [3.8, 4) is 0 Å². The number of hydrogen-bond acceptors (Lipinski definition) is 4. The number of benzene rings is 1. The third-order valence-corrected chi connectivity index (χ3v) is 3.22. The van der Waals surface area contributed by atoms with Crippen molar-refractivity contribution in [2.24, 2.45) is 0 Å². The van der Waals surface area contributed by atoms with Crippen molar-refractivity contribution < 1.29 is 24.2 Å². The molecule has 0 aliphatic carbocycles. The molecule has 0 bridgehead atoms. The Morgan fingerprint density at radius 2 is 2.24 bits per heavy atom. The number of carbonyl (C=O) groups excluding carboxylic acids is 2. The summed E-state index contributed by atoms with van der Waals surface area (Å²) in [6, 6.07) is 4.97. The molecule has 112 valence electrons. The van der Waals surface area contributed by atoms with Crippen LogP contribution in [0.15, 0.2) is 18.2 Å². The SMILES string of the molecule is COC(CNC(=O)c1ccc2c(c1)NC(=O)C2)CC(=O)O. The summed E-state index contributed by atoms with van der Waals surface area (Å²) in [5, 5.41) is 14.0. The number of anilines is 1. The Bertz CT molecular complexity index is 585.